The van der Waals surface area contributed by atoms with Gasteiger partial charge in [0, 0.05) is 11.6 Å². The first kappa shape index (κ1) is 17.5. The number of phenols is 4. The molecule has 1 aliphatic rings. The van der Waals surface area contributed by atoms with E-state index in [-0.39, 0.29) is 5.56 Å². The zero-order valence-corrected chi connectivity index (χ0v) is 13.4. The van der Waals surface area contributed by atoms with Crippen LogP contribution >= 0.6 is 0 Å². The molecular formula is C15H10O10S. The average molecular weight is 382 g/mol. The largest absolute Gasteiger partial charge is 0.506 e. The molecule has 10 nitrogen and oxygen atoms in total. The number of hydrogen-bond acceptors (Lipinski definition) is 9. The van der Waals surface area contributed by atoms with Crippen LogP contribution in [0.5, 0.6) is 28.7 Å². The quantitative estimate of drug-likeness (QED) is 0.281. The average Bonchev–Trinajstić information content (AvgIpc) is 2.51. The van der Waals surface area contributed by atoms with E-state index in [1.54, 1.807) is 0 Å². The second kappa shape index (κ2) is 5.61. The lowest BCUT2D eigenvalue weighted by molar-refractivity contribution is -0.122. The fourth-order valence-corrected chi connectivity index (χ4v) is 3.20. The van der Waals surface area contributed by atoms with Gasteiger partial charge in [-0.15, -0.1) is 0 Å². The van der Waals surface area contributed by atoms with Crippen LogP contribution in [-0.2, 0) is 14.9 Å². The molecule has 0 radical (unpaired) electrons. The molecule has 3 rings (SSSR count). The topological polar surface area (TPSA) is 179 Å². The Morgan fingerprint density at radius 2 is 1.58 bits per heavy atom. The van der Waals surface area contributed by atoms with Crippen molar-refractivity contribution in [1.82, 2.24) is 0 Å². The van der Waals surface area contributed by atoms with Gasteiger partial charge in [-0.25, -0.2) is 0 Å². The van der Waals surface area contributed by atoms with Gasteiger partial charge in [-0.1, -0.05) is 6.07 Å². The molecule has 5 N–H and O–H groups in total. The van der Waals surface area contributed by atoms with E-state index in [4.69, 9.17) is 9.29 Å². The normalized spacial score (nSPS) is 16.9. The van der Waals surface area contributed by atoms with Gasteiger partial charge in [-0.05, 0) is 12.1 Å². The van der Waals surface area contributed by atoms with Gasteiger partial charge in [0.15, 0.2) is 28.2 Å². The van der Waals surface area contributed by atoms with Crippen LogP contribution in [0.3, 0.4) is 0 Å². The number of fused-ring (bicyclic) bond motifs is 1. The van der Waals surface area contributed by atoms with Crippen molar-refractivity contribution in [1.29, 1.82) is 0 Å². The second-order valence-electron chi connectivity index (χ2n) is 5.36. The Balaban J connectivity index is 2.18. The fourth-order valence-electron chi connectivity index (χ4n) is 2.53. The molecule has 0 spiro atoms. The summed E-state index contributed by atoms with van der Waals surface area (Å²) in [6.07, 6.45) is -1.57. The van der Waals surface area contributed by atoms with Gasteiger partial charge in [0.05, 0.1) is 0 Å². The molecule has 0 bridgehead atoms. The Labute approximate surface area is 145 Å². The van der Waals surface area contributed by atoms with E-state index in [1.807, 2.05) is 0 Å². The maximum atomic E-state index is 12.3. The van der Waals surface area contributed by atoms with E-state index in [0.717, 1.165) is 12.1 Å². The molecule has 1 aliphatic heterocycles. The molecule has 26 heavy (non-hydrogen) atoms. The van der Waals surface area contributed by atoms with Gasteiger partial charge >= 0.3 is 10.1 Å². The number of phenolic OH excluding ortho intramolecular Hbond substituents is 4. The predicted octanol–water partition coefficient (Wildman–Crippen LogP) is 0.641. The van der Waals surface area contributed by atoms with Crippen molar-refractivity contribution in [3.63, 3.8) is 0 Å². The number of ether oxygens (including phenoxy) is 1. The zero-order valence-electron chi connectivity index (χ0n) is 12.6. The first-order chi connectivity index (χ1) is 12.0. The van der Waals surface area contributed by atoms with E-state index in [1.165, 1.54) is 6.07 Å². The zero-order chi connectivity index (χ0) is 19.4. The lowest BCUT2D eigenvalue weighted by atomic mass is 9.94. The number of hydrogen-bond donors (Lipinski definition) is 5. The molecule has 0 amide bonds. The van der Waals surface area contributed by atoms with Crippen molar-refractivity contribution >= 4 is 21.7 Å². The number of benzene rings is 2. The number of aromatic hydroxyl groups is 4. The summed E-state index contributed by atoms with van der Waals surface area (Å²) in [7, 11) is -5.09. The number of rotatable bonds is 2. The monoisotopic (exact) mass is 382 g/mol. The van der Waals surface area contributed by atoms with Crippen molar-refractivity contribution in [3.8, 4) is 28.7 Å². The van der Waals surface area contributed by atoms with Gasteiger partial charge in [0.25, 0.3) is 0 Å². The first-order valence-corrected chi connectivity index (χ1v) is 8.30. The number of ketones is 2. The highest BCUT2D eigenvalue weighted by Gasteiger charge is 2.41. The standard InChI is InChI=1S/C15H10O10S/c16-6-2-1-5(3-7(6)17)14-13(21)11(19)10-9(25-14)4-8(18)15(12(10)20)26(22,23)24/h1-4,14,16-18,20H,(H,22,23,24). The smallest absolute Gasteiger partial charge is 0.301 e. The third-order valence-corrected chi connectivity index (χ3v) is 4.61. The summed E-state index contributed by atoms with van der Waals surface area (Å²) < 4.78 is 36.8. The first-order valence-electron chi connectivity index (χ1n) is 6.86. The minimum atomic E-state index is -5.09. The van der Waals surface area contributed by atoms with Gasteiger partial charge in [0.2, 0.25) is 11.6 Å². The third kappa shape index (κ3) is 2.59. The van der Waals surface area contributed by atoms with Crippen LogP contribution in [-0.4, -0.2) is 45.0 Å². The minimum absolute atomic E-state index is 0.0119. The Morgan fingerprint density at radius 1 is 0.923 bits per heavy atom. The highest BCUT2D eigenvalue weighted by atomic mass is 32.2. The van der Waals surface area contributed by atoms with Crippen LogP contribution in [0.2, 0.25) is 0 Å². The van der Waals surface area contributed by atoms with Crippen molar-refractivity contribution < 1.29 is 47.7 Å². The van der Waals surface area contributed by atoms with Crippen LogP contribution < -0.4 is 4.74 Å². The van der Waals surface area contributed by atoms with Crippen molar-refractivity contribution in [2.45, 2.75) is 11.0 Å². The lowest BCUT2D eigenvalue weighted by Crippen LogP contribution is -2.32. The van der Waals surface area contributed by atoms with Crippen LogP contribution in [0.4, 0.5) is 0 Å². The summed E-state index contributed by atoms with van der Waals surface area (Å²) in [6, 6.07) is 3.87. The molecule has 1 unspecified atom stereocenters. The van der Waals surface area contributed by atoms with Crippen molar-refractivity contribution in [2.75, 3.05) is 0 Å². The summed E-state index contributed by atoms with van der Waals surface area (Å²) >= 11 is 0. The predicted molar refractivity (Wildman–Crippen MR) is 82.1 cm³/mol. The maximum Gasteiger partial charge on any atom is 0.301 e. The summed E-state index contributed by atoms with van der Waals surface area (Å²) in [5.41, 5.74) is -0.846. The molecule has 0 fully saturated rings. The molecule has 2 aromatic rings. The number of carbonyl (C=O) groups excluding carboxylic acids is 2. The highest BCUT2D eigenvalue weighted by Crippen LogP contribution is 2.45. The van der Waals surface area contributed by atoms with Crippen molar-refractivity contribution in [2.24, 2.45) is 0 Å². The molecule has 1 heterocycles. The van der Waals surface area contributed by atoms with Crippen LogP contribution in [0, 0.1) is 0 Å². The van der Waals surface area contributed by atoms with Crippen molar-refractivity contribution in [3.05, 3.63) is 35.4 Å². The van der Waals surface area contributed by atoms with Gasteiger partial charge in [-0.2, -0.15) is 8.42 Å². The van der Waals surface area contributed by atoms with E-state index in [9.17, 15) is 38.4 Å². The highest BCUT2D eigenvalue weighted by molar-refractivity contribution is 7.86. The maximum absolute atomic E-state index is 12.3. The molecule has 0 aliphatic carbocycles. The van der Waals surface area contributed by atoms with Crippen LogP contribution in [0.1, 0.15) is 22.0 Å². The van der Waals surface area contributed by atoms with Crippen LogP contribution in [0.25, 0.3) is 0 Å². The Morgan fingerprint density at radius 3 is 2.15 bits per heavy atom. The fraction of sp³-hybridized carbons (Fsp3) is 0.0667. The molecule has 1 atom stereocenters. The second-order valence-corrected chi connectivity index (χ2v) is 6.72. The summed E-state index contributed by atoms with van der Waals surface area (Å²) in [5, 5.41) is 38.5. The van der Waals surface area contributed by atoms with Gasteiger partial charge < -0.3 is 25.2 Å². The SMILES string of the molecule is O=C1C(=O)C(c2ccc(O)c(O)c2)Oc2cc(O)c(S(=O)(=O)O)c(O)c21. The molecule has 2 aromatic carbocycles. The molecule has 0 saturated carbocycles. The molecule has 0 saturated heterocycles. The van der Waals surface area contributed by atoms with E-state index in [0.29, 0.717) is 6.07 Å². The third-order valence-electron chi connectivity index (χ3n) is 3.69. The number of Topliss-reactive ketones (excluding diaryl/α,β-unsaturated/α-hetero) is 2. The molecule has 11 heteroatoms. The number of carbonyl (C=O) groups is 2. The Kier molecular flexibility index (Phi) is 3.78. The van der Waals surface area contributed by atoms with E-state index < -0.39 is 67.0 Å². The lowest BCUT2D eigenvalue weighted by Gasteiger charge is -2.25. The molecule has 0 aromatic heterocycles. The van der Waals surface area contributed by atoms with Gasteiger partial charge in [-0.3, -0.25) is 14.1 Å². The van der Waals surface area contributed by atoms with Gasteiger partial charge in [0.1, 0.15) is 17.1 Å². The van der Waals surface area contributed by atoms with E-state index >= 15 is 0 Å². The molecule has 136 valence electrons. The summed E-state index contributed by atoms with van der Waals surface area (Å²) in [5.74, 6) is -6.52. The molecular weight excluding hydrogens is 372 g/mol. The Bertz CT molecular complexity index is 1070. The van der Waals surface area contributed by atoms with E-state index in [2.05, 4.69) is 0 Å². The summed E-state index contributed by atoms with van der Waals surface area (Å²) in [4.78, 5) is 23.3. The Hall–Kier alpha value is -3.31. The van der Waals surface area contributed by atoms with Crippen LogP contribution in [0.15, 0.2) is 29.2 Å². The summed E-state index contributed by atoms with van der Waals surface area (Å²) in [6.45, 7) is 0. The minimum Gasteiger partial charge on any atom is -0.506 e.